The smallest absolute Gasteiger partial charge is 0.0705 e. The highest BCUT2D eigenvalue weighted by Crippen LogP contribution is 2.19. The molecule has 1 aliphatic heterocycles. The van der Waals surface area contributed by atoms with Crippen LogP contribution < -0.4 is 0 Å². The predicted molar refractivity (Wildman–Crippen MR) is 90.9 cm³/mol. The zero-order valence-corrected chi connectivity index (χ0v) is 13.7. The van der Waals surface area contributed by atoms with Gasteiger partial charge in [0.1, 0.15) is 0 Å². The fourth-order valence-electron chi connectivity index (χ4n) is 3.17. The van der Waals surface area contributed by atoms with Crippen molar-refractivity contribution >= 4 is 10.9 Å². The summed E-state index contributed by atoms with van der Waals surface area (Å²) in [6, 6.07) is 12.9. The van der Waals surface area contributed by atoms with Crippen molar-refractivity contribution in [3.63, 3.8) is 0 Å². The third-order valence-electron chi connectivity index (χ3n) is 4.38. The fraction of sp³-hybridized carbons (Fsp3) is 0.474. The van der Waals surface area contributed by atoms with Crippen molar-refractivity contribution in [2.45, 2.75) is 26.3 Å². The number of aromatic nitrogens is 1. The molecule has 4 heteroatoms. The molecule has 0 spiro atoms. The van der Waals surface area contributed by atoms with Gasteiger partial charge in [-0.25, -0.2) is 0 Å². The minimum absolute atomic E-state index is 0.571. The van der Waals surface area contributed by atoms with Crippen LogP contribution in [0.3, 0.4) is 0 Å². The van der Waals surface area contributed by atoms with Gasteiger partial charge in [-0.3, -0.25) is 9.88 Å². The van der Waals surface area contributed by atoms with Crippen molar-refractivity contribution in [2.24, 2.45) is 5.92 Å². The lowest BCUT2D eigenvalue weighted by Crippen LogP contribution is -2.30. The molecule has 0 radical (unpaired) electrons. The minimum Gasteiger partial charge on any atom is -0.381 e. The molecule has 120 valence electrons. The molecule has 1 fully saturated rings. The Bertz CT molecular complexity index is 701. The lowest BCUT2D eigenvalue weighted by atomic mass is 10.1. The first-order valence-corrected chi connectivity index (χ1v) is 8.28. The van der Waals surface area contributed by atoms with E-state index in [2.05, 4.69) is 46.3 Å². The standard InChI is InChI=1S/C19H23N3O/c1-15-3-5-18-11-16(4-6-19(18)21-15)12-22(9-2-8-20)13-17-7-10-23-14-17/h3-6,11,17H,2,7,9-10,12-14H2,1H3. The van der Waals surface area contributed by atoms with E-state index in [1.54, 1.807) is 0 Å². The molecule has 2 aromatic rings. The average Bonchev–Trinajstić information content (AvgIpc) is 3.05. The third kappa shape index (κ3) is 4.28. The topological polar surface area (TPSA) is 49.2 Å². The normalized spacial score (nSPS) is 17.7. The molecule has 23 heavy (non-hydrogen) atoms. The molecular formula is C19H23N3O. The summed E-state index contributed by atoms with van der Waals surface area (Å²) in [5.74, 6) is 0.596. The molecule has 1 atom stereocenters. The van der Waals surface area contributed by atoms with E-state index in [-0.39, 0.29) is 0 Å². The first-order chi connectivity index (χ1) is 11.2. The summed E-state index contributed by atoms with van der Waals surface area (Å²) in [6.07, 6.45) is 1.70. The number of aryl methyl sites for hydroxylation is 1. The zero-order valence-electron chi connectivity index (χ0n) is 13.7. The van der Waals surface area contributed by atoms with Crippen LogP contribution in [0.4, 0.5) is 0 Å². The van der Waals surface area contributed by atoms with Crippen LogP contribution in [-0.4, -0.2) is 36.2 Å². The van der Waals surface area contributed by atoms with Crippen molar-refractivity contribution in [1.29, 1.82) is 5.26 Å². The third-order valence-corrected chi connectivity index (χ3v) is 4.38. The van der Waals surface area contributed by atoms with E-state index in [1.807, 2.05) is 6.92 Å². The van der Waals surface area contributed by atoms with Crippen molar-refractivity contribution < 1.29 is 4.74 Å². The van der Waals surface area contributed by atoms with Crippen molar-refractivity contribution in [2.75, 3.05) is 26.3 Å². The number of fused-ring (bicyclic) bond motifs is 1. The number of hydrogen-bond donors (Lipinski definition) is 0. The Hall–Kier alpha value is -1.96. The number of pyridine rings is 1. The summed E-state index contributed by atoms with van der Waals surface area (Å²) < 4.78 is 5.48. The molecule has 1 aliphatic rings. The van der Waals surface area contributed by atoms with Gasteiger partial charge in [0, 0.05) is 43.7 Å². The van der Waals surface area contributed by atoms with E-state index in [9.17, 15) is 0 Å². The van der Waals surface area contributed by atoms with Gasteiger partial charge in [0.15, 0.2) is 0 Å². The highest BCUT2D eigenvalue weighted by molar-refractivity contribution is 5.79. The molecular weight excluding hydrogens is 286 g/mol. The van der Waals surface area contributed by atoms with Crippen LogP contribution in [0, 0.1) is 24.2 Å². The fourth-order valence-corrected chi connectivity index (χ4v) is 3.17. The Kier molecular flexibility index (Phi) is 5.22. The molecule has 3 rings (SSSR count). The van der Waals surface area contributed by atoms with Gasteiger partial charge in [0.05, 0.1) is 18.2 Å². The Morgan fingerprint density at radius 3 is 3.04 bits per heavy atom. The number of nitrogens with zero attached hydrogens (tertiary/aromatic N) is 3. The average molecular weight is 309 g/mol. The van der Waals surface area contributed by atoms with Crippen LogP contribution in [0.1, 0.15) is 24.1 Å². The van der Waals surface area contributed by atoms with Crippen LogP contribution in [0.5, 0.6) is 0 Å². The number of rotatable bonds is 6. The second kappa shape index (κ2) is 7.54. The maximum absolute atomic E-state index is 8.90. The molecule has 4 nitrogen and oxygen atoms in total. The maximum atomic E-state index is 8.90. The van der Waals surface area contributed by atoms with E-state index >= 15 is 0 Å². The molecule has 1 aromatic carbocycles. The van der Waals surface area contributed by atoms with Crippen molar-refractivity contribution in [1.82, 2.24) is 9.88 Å². The second-order valence-corrected chi connectivity index (χ2v) is 6.35. The van der Waals surface area contributed by atoms with Crippen LogP contribution in [0.15, 0.2) is 30.3 Å². The van der Waals surface area contributed by atoms with Gasteiger partial charge in [-0.05, 0) is 43.0 Å². The van der Waals surface area contributed by atoms with Crippen LogP contribution in [-0.2, 0) is 11.3 Å². The quantitative estimate of drug-likeness (QED) is 0.821. The first-order valence-electron chi connectivity index (χ1n) is 8.28. The lowest BCUT2D eigenvalue weighted by molar-refractivity contribution is 0.165. The van der Waals surface area contributed by atoms with E-state index in [1.165, 1.54) is 10.9 Å². The molecule has 1 aromatic heterocycles. The summed E-state index contributed by atoms with van der Waals surface area (Å²) >= 11 is 0. The Morgan fingerprint density at radius 1 is 1.35 bits per heavy atom. The molecule has 0 bridgehead atoms. The van der Waals surface area contributed by atoms with Gasteiger partial charge in [-0.1, -0.05) is 12.1 Å². The highest BCUT2D eigenvalue weighted by atomic mass is 16.5. The summed E-state index contributed by atoms with van der Waals surface area (Å²) in [7, 11) is 0. The number of hydrogen-bond acceptors (Lipinski definition) is 4. The highest BCUT2D eigenvalue weighted by Gasteiger charge is 2.19. The van der Waals surface area contributed by atoms with Crippen molar-refractivity contribution in [3.05, 3.63) is 41.6 Å². The van der Waals surface area contributed by atoms with E-state index in [4.69, 9.17) is 10.00 Å². The van der Waals surface area contributed by atoms with Crippen LogP contribution in [0.2, 0.25) is 0 Å². The Labute approximate surface area is 137 Å². The van der Waals surface area contributed by atoms with Crippen molar-refractivity contribution in [3.8, 4) is 6.07 Å². The number of ether oxygens (including phenoxy) is 1. The minimum atomic E-state index is 0.571. The van der Waals surface area contributed by atoms with E-state index < -0.39 is 0 Å². The van der Waals surface area contributed by atoms with Gasteiger partial charge >= 0.3 is 0 Å². The molecule has 2 heterocycles. The summed E-state index contributed by atoms with van der Waals surface area (Å²) in [4.78, 5) is 6.94. The van der Waals surface area contributed by atoms with E-state index in [0.29, 0.717) is 12.3 Å². The first kappa shape index (κ1) is 15.9. The van der Waals surface area contributed by atoms with E-state index in [0.717, 1.165) is 50.5 Å². The van der Waals surface area contributed by atoms with Crippen LogP contribution >= 0.6 is 0 Å². The van der Waals surface area contributed by atoms with Gasteiger partial charge < -0.3 is 4.74 Å². The predicted octanol–water partition coefficient (Wildman–Crippen LogP) is 3.30. The number of benzene rings is 1. The number of nitriles is 1. The van der Waals surface area contributed by atoms with Crippen LogP contribution in [0.25, 0.3) is 10.9 Å². The molecule has 0 amide bonds. The summed E-state index contributed by atoms with van der Waals surface area (Å²) in [5, 5.41) is 10.1. The van der Waals surface area contributed by atoms with Gasteiger partial charge in [0.2, 0.25) is 0 Å². The lowest BCUT2D eigenvalue weighted by Gasteiger charge is -2.24. The van der Waals surface area contributed by atoms with Gasteiger partial charge in [-0.15, -0.1) is 0 Å². The summed E-state index contributed by atoms with van der Waals surface area (Å²) in [6.45, 7) is 6.44. The zero-order chi connectivity index (χ0) is 16.1. The SMILES string of the molecule is Cc1ccc2cc(CN(CCC#N)CC3CCOC3)ccc2n1. The van der Waals surface area contributed by atoms with Gasteiger partial charge in [0.25, 0.3) is 0 Å². The second-order valence-electron chi connectivity index (χ2n) is 6.35. The van der Waals surface area contributed by atoms with Gasteiger partial charge in [-0.2, -0.15) is 5.26 Å². The molecule has 0 N–H and O–H groups in total. The summed E-state index contributed by atoms with van der Waals surface area (Å²) in [5.41, 5.74) is 3.36. The molecule has 0 saturated carbocycles. The monoisotopic (exact) mass is 309 g/mol. The molecule has 1 unspecified atom stereocenters. The maximum Gasteiger partial charge on any atom is 0.0705 e. The Morgan fingerprint density at radius 2 is 2.26 bits per heavy atom. The Balaban J connectivity index is 1.72. The molecule has 0 aliphatic carbocycles. The molecule has 1 saturated heterocycles. The largest absolute Gasteiger partial charge is 0.381 e.